The van der Waals surface area contributed by atoms with Crippen LogP contribution >= 0.6 is 0 Å². The summed E-state index contributed by atoms with van der Waals surface area (Å²) in [6.07, 6.45) is 2.28. The largest absolute Gasteiger partial charge is 0.396 e. The van der Waals surface area contributed by atoms with Crippen molar-refractivity contribution in [1.29, 1.82) is 5.26 Å². The van der Waals surface area contributed by atoms with Crippen LogP contribution in [0.2, 0.25) is 0 Å². The van der Waals surface area contributed by atoms with Gasteiger partial charge in [-0.2, -0.15) is 5.26 Å². The Morgan fingerprint density at radius 3 is 2.60 bits per heavy atom. The Hall–Kier alpha value is -1.08. The number of likely N-dealkylation sites (tertiary alicyclic amines) is 1. The van der Waals surface area contributed by atoms with Crippen LogP contribution in [0.3, 0.4) is 0 Å². The Bertz CT molecular complexity index is 252. The van der Waals surface area contributed by atoms with E-state index >= 15 is 0 Å². The number of nitrogens with zero attached hydrogens (tertiary/aromatic N) is 2. The Morgan fingerprint density at radius 1 is 1.60 bits per heavy atom. The molecule has 1 fully saturated rings. The first-order valence-corrected chi connectivity index (χ1v) is 5.52. The van der Waals surface area contributed by atoms with E-state index in [0.29, 0.717) is 25.4 Å². The maximum absolute atomic E-state index is 11.8. The zero-order valence-corrected chi connectivity index (χ0v) is 9.15. The summed E-state index contributed by atoms with van der Waals surface area (Å²) >= 11 is 0. The van der Waals surface area contributed by atoms with E-state index in [1.165, 1.54) is 0 Å². The molecule has 1 amide bonds. The molecule has 4 heteroatoms. The van der Waals surface area contributed by atoms with Gasteiger partial charge in [-0.15, -0.1) is 0 Å². The Labute approximate surface area is 90.5 Å². The van der Waals surface area contributed by atoms with Gasteiger partial charge < -0.3 is 10.0 Å². The van der Waals surface area contributed by atoms with E-state index in [-0.39, 0.29) is 12.5 Å². The van der Waals surface area contributed by atoms with Gasteiger partial charge in [0.05, 0.1) is 6.07 Å². The van der Waals surface area contributed by atoms with E-state index in [4.69, 9.17) is 10.4 Å². The zero-order valence-electron chi connectivity index (χ0n) is 9.15. The first-order chi connectivity index (χ1) is 7.22. The molecule has 1 atom stereocenters. The first-order valence-electron chi connectivity index (χ1n) is 5.52. The SMILES string of the molecule is CCC(C#N)C(=O)N1CCC(CO)CC1. The van der Waals surface area contributed by atoms with E-state index in [9.17, 15) is 4.79 Å². The van der Waals surface area contributed by atoms with Gasteiger partial charge in [0.2, 0.25) is 5.91 Å². The smallest absolute Gasteiger partial charge is 0.239 e. The van der Waals surface area contributed by atoms with E-state index in [1.807, 2.05) is 13.0 Å². The molecular formula is C11H18N2O2. The number of piperidine rings is 1. The predicted molar refractivity (Wildman–Crippen MR) is 55.8 cm³/mol. The van der Waals surface area contributed by atoms with Crippen LogP contribution < -0.4 is 0 Å². The molecule has 0 aromatic heterocycles. The quantitative estimate of drug-likeness (QED) is 0.748. The molecule has 0 aromatic carbocycles. The van der Waals surface area contributed by atoms with Gasteiger partial charge in [0.25, 0.3) is 0 Å². The summed E-state index contributed by atoms with van der Waals surface area (Å²) in [6.45, 7) is 3.42. The van der Waals surface area contributed by atoms with Gasteiger partial charge in [-0.3, -0.25) is 4.79 Å². The molecule has 0 aromatic rings. The highest BCUT2D eigenvalue weighted by Crippen LogP contribution is 2.18. The number of hydrogen-bond acceptors (Lipinski definition) is 3. The fourth-order valence-corrected chi connectivity index (χ4v) is 1.88. The Morgan fingerprint density at radius 2 is 2.20 bits per heavy atom. The van der Waals surface area contributed by atoms with Crippen LogP contribution in [0.25, 0.3) is 0 Å². The molecule has 1 aliphatic rings. The third-order valence-corrected chi connectivity index (χ3v) is 3.05. The standard InChI is InChI=1S/C11H18N2O2/c1-2-10(7-12)11(15)13-5-3-9(8-14)4-6-13/h9-10,14H,2-6,8H2,1H3. The third kappa shape index (κ3) is 2.93. The average Bonchev–Trinajstić information content (AvgIpc) is 2.30. The number of aliphatic hydroxyl groups is 1. The van der Waals surface area contributed by atoms with Gasteiger partial charge in [-0.05, 0) is 25.2 Å². The van der Waals surface area contributed by atoms with Crippen molar-refractivity contribution in [2.24, 2.45) is 11.8 Å². The number of aliphatic hydroxyl groups excluding tert-OH is 1. The van der Waals surface area contributed by atoms with E-state index in [2.05, 4.69) is 0 Å². The zero-order chi connectivity index (χ0) is 11.3. The monoisotopic (exact) mass is 210 g/mol. The van der Waals surface area contributed by atoms with Crippen molar-refractivity contribution in [2.45, 2.75) is 26.2 Å². The van der Waals surface area contributed by atoms with Crippen molar-refractivity contribution in [3.63, 3.8) is 0 Å². The molecule has 1 saturated heterocycles. The molecule has 1 heterocycles. The fourth-order valence-electron chi connectivity index (χ4n) is 1.88. The normalized spacial score (nSPS) is 19.7. The van der Waals surface area contributed by atoms with E-state index in [0.717, 1.165) is 12.8 Å². The van der Waals surface area contributed by atoms with Crippen LogP contribution in [0.5, 0.6) is 0 Å². The molecule has 0 saturated carbocycles. The molecular weight excluding hydrogens is 192 g/mol. The summed E-state index contributed by atoms with van der Waals surface area (Å²) in [7, 11) is 0. The van der Waals surface area contributed by atoms with Gasteiger partial charge in [0.15, 0.2) is 0 Å². The lowest BCUT2D eigenvalue weighted by atomic mass is 9.96. The summed E-state index contributed by atoms with van der Waals surface area (Å²) < 4.78 is 0. The van der Waals surface area contributed by atoms with Crippen LogP contribution in [0, 0.1) is 23.2 Å². The average molecular weight is 210 g/mol. The number of nitriles is 1. The Balaban J connectivity index is 2.46. The lowest BCUT2D eigenvalue weighted by Gasteiger charge is -2.32. The van der Waals surface area contributed by atoms with E-state index < -0.39 is 5.92 Å². The van der Waals surface area contributed by atoms with Crippen molar-refractivity contribution in [2.75, 3.05) is 19.7 Å². The van der Waals surface area contributed by atoms with Crippen LogP contribution in [0.15, 0.2) is 0 Å². The summed E-state index contributed by atoms with van der Waals surface area (Å²) in [6, 6.07) is 2.03. The van der Waals surface area contributed by atoms with Crippen LogP contribution in [-0.2, 0) is 4.79 Å². The number of amides is 1. The highest BCUT2D eigenvalue weighted by molar-refractivity contribution is 5.81. The molecule has 15 heavy (non-hydrogen) atoms. The summed E-state index contributed by atoms with van der Waals surface area (Å²) in [4.78, 5) is 13.5. The number of carbonyl (C=O) groups excluding carboxylic acids is 1. The summed E-state index contributed by atoms with van der Waals surface area (Å²) in [5.41, 5.74) is 0. The second-order valence-corrected chi connectivity index (χ2v) is 4.04. The van der Waals surface area contributed by atoms with E-state index in [1.54, 1.807) is 4.90 Å². The minimum absolute atomic E-state index is 0.0450. The minimum atomic E-state index is -0.490. The Kier molecular flexibility index (Phi) is 4.57. The molecule has 84 valence electrons. The highest BCUT2D eigenvalue weighted by atomic mass is 16.3. The topological polar surface area (TPSA) is 64.3 Å². The highest BCUT2D eigenvalue weighted by Gasteiger charge is 2.26. The summed E-state index contributed by atoms with van der Waals surface area (Å²) in [5.74, 6) is -0.205. The van der Waals surface area contributed by atoms with Gasteiger partial charge in [0, 0.05) is 19.7 Å². The first kappa shape index (κ1) is 12.0. The van der Waals surface area contributed by atoms with Gasteiger partial charge in [-0.1, -0.05) is 6.92 Å². The maximum Gasteiger partial charge on any atom is 0.239 e. The molecule has 1 N–H and O–H groups in total. The second kappa shape index (κ2) is 5.72. The number of rotatable bonds is 3. The van der Waals surface area contributed by atoms with Crippen molar-refractivity contribution in [1.82, 2.24) is 4.90 Å². The molecule has 1 aliphatic heterocycles. The second-order valence-electron chi connectivity index (χ2n) is 4.04. The molecule has 1 rings (SSSR count). The minimum Gasteiger partial charge on any atom is -0.396 e. The van der Waals surface area contributed by atoms with Crippen LogP contribution in [-0.4, -0.2) is 35.6 Å². The number of hydrogen-bond donors (Lipinski definition) is 1. The van der Waals surface area contributed by atoms with Crippen molar-refractivity contribution < 1.29 is 9.90 Å². The van der Waals surface area contributed by atoms with Crippen molar-refractivity contribution in [3.05, 3.63) is 0 Å². The fraction of sp³-hybridized carbons (Fsp3) is 0.818. The molecule has 0 bridgehead atoms. The van der Waals surface area contributed by atoms with Crippen LogP contribution in [0.4, 0.5) is 0 Å². The molecule has 4 nitrogen and oxygen atoms in total. The van der Waals surface area contributed by atoms with Crippen molar-refractivity contribution in [3.8, 4) is 6.07 Å². The predicted octanol–water partition coefficient (Wildman–Crippen LogP) is 0.767. The van der Waals surface area contributed by atoms with Gasteiger partial charge in [-0.25, -0.2) is 0 Å². The molecule has 0 spiro atoms. The van der Waals surface area contributed by atoms with Gasteiger partial charge >= 0.3 is 0 Å². The van der Waals surface area contributed by atoms with Gasteiger partial charge in [0.1, 0.15) is 5.92 Å². The lowest BCUT2D eigenvalue weighted by Crippen LogP contribution is -2.42. The van der Waals surface area contributed by atoms with Crippen LogP contribution in [0.1, 0.15) is 26.2 Å². The lowest BCUT2D eigenvalue weighted by molar-refractivity contribution is -0.135. The maximum atomic E-state index is 11.8. The number of carbonyl (C=O) groups is 1. The summed E-state index contributed by atoms with van der Waals surface area (Å²) in [5, 5.41) is 17.7. The molecule has 0 aliphatic carbocycles. The molecule has 0 radical (unpaired) electrons. The third-order valence-electron chi connectivity index (χ3n) is 3.05. The molecule has 1 unspecified atom stereocenters. The van der Waals surface area contributed by atoms with Crippen molar-refractivity contribution >= 4 is 5.91 Å².